The first-order chi connectivity index (χ1) is 8.72. The van der Waals surface area contributed by atoms with E-state index in [4.69, 9.17) is 9.84 Å². The summed E-state index contributed by atoms with van der Waals surface area (Å²) in [4.78, 5) is 14.2. The standard InChI is InChI=1S/C12H10N2O4/c15-8-9-4-3-7-13-12(9)18-11-6-2-1-5-10(11)14(16)17/h1-7,15H,8H2. The van der Waals surface area contributed by atoms with Crippen LogP contribution in [-0.4, -0.2) is 15.0 Å². The summed E-state index contributed by atoms with van der Waals surface area (Å²) < 4.78 is 5.38. The zero-order chi connectivity index (χ0) is 13.0. The largest absolute Gasteiger partial charge is 0.431 e. The molecule has 0 aliphatic heterocycles. The lowest BCUT2D eigenvalue weighted by molar-refractivity contribution is -0.385. The summed E-state index contributed by atoms with van der Waals surface area (Å²) in [5, 5.41) is 19.9. The molecule has 0 aliphatic rings. The molecule has 6 nitrogen and oxygen atoms in total. The molecule has 0 atom stereocenters. The van der Waals surface area contributed by atoms with E-state index in [2.05, 4.69) is 4.98 Å². The molecule has 2 rings (SSSR count). The number of aliphatic hydroxyl groups is 1. The van der Waals surface area contributed by atoms with Crippen molar-refractivity contribution in [3.8, 4) is 11.6 Å². The van der Waals surface area contributed by atoms with Crippen molar-refractivity contribution in [2.75, 3.05) is 0 Å². The lowest BCUT2D eigenvalue weighted by atomic mass is 10.3. The number of para-hydroxylation sites is 2. The number of aliphatic hydroxyl groups excluding tert-OH is 1. The van der Waals surface area contributed by atoms with Gasteiger partial charge in [-0.05, 0) is 18.2 Å². The Labute approximate surface area is 103 Å². The molecule has 1 N–H and O–H groups in total. The van der Waals surface area contributed by atoms with Crippen LogP contribution in [-0.2, 0) is 6.61 Å². The van der Waals surface area contributed by atoms with Crippen molar-refractivity contribution in [3.05, 3.63) is 58.3 Å². The normalized spacial score (nSPS) is 10.1. The molecule has 0 amide bonds. The van der Waals surface area contributed by atoms with Crippen LogP contribution in [0.3, 0.4) is 0 Å². The van der Waals surface area contributed by atoms with E-state index in [1.165, 1.54) is 18.3 Å². The van der Waals surface area contributed by atoms with Gasteiger partial charge >= 0.3 is 5.69 Å². The molecule has 1 aromatic carbocycles. The third-order valence-electron chi connectivity index (χ3n) is 2.29. The van der Waals surface area contributed by atoms with Crippen LogP contribution in [0.15, 0.2) is 42.6 Å². The minimum atomic E-state index is -0.531. The molecule has 0 bridgehead atoms. The number of rotatable bonds is 4. The second-order valence-electron chi connectivity index (χ2n) is 3.45. The third kappa shape index (κ3) is 2.44. The number of pyridine rings is 1. The smallest absolute Gasteiger partial charge is 0.311 e. The second kappa shape index (κ2) is 5.24. The molecular weight excluding hydrogens is 236 g/mol. The topological polar surface area (TPSA) is 85.5 Å². The van der Waals surface area contributed by atoms with Gasteiger partial charge in [0.15, 0.2) is 0 Å². The molecular formula is C12H10N2O4. The fourth-order valence-corrected chi connectivity index (χ4v) is 1.43. The van der Waals surface area contributed by atoms with Crippen LogP contribution in [0.2, 0.25) is 0 Å². The van der Waals surface area contributed by atoms with E-state index in [1.54, 1.807) is 24.3 Å². The molecule has 0 spiro atoms. The molecule has 0 saturated heterocycles. The first-order valence-electron chi connectivity index (χ1n) is 5.18. The van der Waals surface area contributed by atoms with E-state index in [0.29, 0.717) is 5.56 Å². The number of nitro groups is 1. The average molecular weight is 246 g/mol. The number of nitrogens with zero attached hydrogens (tertiary/aromatic N) is 2. The Bertz CT molecular complexity index is 572. The molecule has 1 heterocycles. The molecule has 18 heavy (non-hydrogen) atoms. The van der Waals surface area contributed by atoms with E-state index < -0.39 is 4.92 Å². The lowest BCUT2D eigenvalue weighted by Gasteiger charge is -2.07. The van der Waals surface area contributed by atoms with Crippen molar-refractivity contribution in [2.45, 2.75) is 6.61 Å². The molecule has 0 aliphatic carbocycles. The molecule has 0 saturated carbocycles. The predicted octanol–water partition coefficient (Wildman–Crippen LogP) is 2.27. The van der Waals surface area contributed by atoms with Crippen LogP contribution >= 0.6 is 0 Å². The maximum absolute atomic E-state index is 10.8. The van der Waals surface area contributed by atoms with Crippen LogP contribution < -0.4 is 4.74 Å². The van der Waals surface area contributed by atoms with E-state index in [0.717, 1.165) is 0 Å². The third-order valence-corrected chi connectivity index (χ3v) is 2.29. The lowest BCUT2D eigenvalue weighted by Crippen LogP contribution is -1.97. The fraction of sp³-hybridized carbons (Fsp3) is 0.0833. The Morgan fingerprint density at radius 1 is 1.28 bits per heavy atom. The van der Waals surface area contributed by atoms with Gasteiger partial charge in [0.05, 0.1) is 11.5 Å². The highest BCUT2D eigenvalue weighted by atomic mass is 16.6. The van der Waals surface area contributed by atoms with E-state index in [-0.39, 0.29) is 23.9 Å². The van der Waals surface area contributed by atoms with Crippen molar-refractivity contribution in [2.24, 2.45) is 0 Å². The Hall–Kier alpha value is -2.47. The van der Waals surface area contributed by atoms with Crippen LogP contribution in [0.1, 0.15) is 5.56 Å². The van der Waals surface area contributed by atoms with Crippen LogP contribution in [0.4, 0.5) is 5.69 Å². The molecule has 92 valence electrons. The zero-order valence-electron chi connectivity index (χ0n) is 9.31. The van der Waals surface area contributed by atoms with Crippen molar-refractivity contribution in [3.63, 3.8) is 0 Å². The first kappa shape index (κ1) is 12.0. The Kier molecular flexibility index (Phi) is 3.49. The summed E-state index contributed by atoms with van der Waals surface area (Å²) in [6, 6.07) is 9.29. The maximum Gasteiger partial charge on any atom is 0.311 e. The van der Waals surface area contributed by atoms with Crippen molar-refractivity contribution >= 4 is 5.69 Å². The van der Waals surface area contributed by atoms with Crippen molar-refractivity contribution < 1.29 is 14.8 Å². The molecule has 0 fully saturated rings. The van der Waals surface area contributed by atoms with Gasteiger partial charge in [0.25, 0.3) is 0 Å². The summed E-state index contributed by atoms with van der Waals surface area (Å²) in [6.07, 6.45) is 1.49. The maximum atomic E-state index is 10.8. The quantitative estimate of drug-likeness (QED) is 0.660. The van der Waals surface area contributed by atoms with E-state index >= 15 is 0 Å². The minimum absolute atomic E-state index is 0.0934. The van der Waals surface area contributed by atoms with Gasteiger partial charge in [0, 0.05) is 17.8 Å². The molecule has 2 aromatic rings. The molecule has 0 radical (unpaired) electrons. The summed E-state index contributed by atoms with van der Waals surface area (Å²) in [5.74, 6) is 0.255. The van der Waals surface area contributed by atoms with Crippen molar-refractivity contribution in [1.82, 2.24) is 4.98 Å². The van der Waals surface area contributed by atoms with Gasteiger partial charge < -0.3 is 9.84 Å². The predicted molar refractivity (Wildman–Crippen MR) is 63.3 cm³/mol. The van der Waals surface area contributed by atoms with Gasteiger partial charge in [0.1, 0.15) is 0 Å². The highest BCUT2D eigenvalue weighted by molar-refractivity contribution is 5.48. The fourth-order valence-electron chi connectivity index (χ4n) is 1.43. The van der Waals surface area contributed by atoms with E-state index in [9.17, 15) is 10.1 Å². The molecule has 6 heteroatoms. The van der Waals surface area contributed by atoms with Gasteiger partial charge in [-0.3, -0.25) is 10.1 Å². The number of hydrogen-bond donors (Lipinski definition) is 1. The first-order valence-corrected chi connectivity index (χ1v) is 5.18. The average Bonchev–Trinajstić information content (AvgIpc) is 2.40. The number of nitro benzene ring substituents is 1. The van der Waals surface area contributed by atoms with Crippen LogP contribution in [0, 0.1) is 10.1 Å². The number of ether oxygens (including phenoxy) is 1. The molecule has 0 unspecified atom stereocenters. The number of hydrogen-bond acceptors (Lipinski definition) is 5. The van der Waals surface area contributed by atoms with Gasteiger partial charge in [-0.1, -0.05) is 12.1 Å². The summed E-state index contributed by atoms with van der Waals surface area (Å²) in [6.45, 7) is -0.246. The Balaban J connectivity index is 2.37. The summed E-state index contributed by atoms with van der Waals surface area (Å²) in [7, 11) is 0. The molecule has 1 aromatic heterocycles. The monoisotopic (exact) mass is 246 g/mol. The van der Waals surface area contributed by atoms with Crippen LogP contribution in [0.25, 0.3) is 0 Å². The van der Waals surface area contributed by atoms with E-state index in [1.807, 2.05) is 0 Å². The highest BCUT2D eigenvalue weighted by Crippen LogP contribution is 2.31. The van der Waals surface area contributed by atoms with Gasteiger partial charge in [-0.2, -0.15) is 0 Å². The summed E-state index contributed by atoms with van der Waals surface area (Å²) in [5.41, 5.74) is 0.322. The van der Waals surface area contributed by atoms with Crippen LogP contribution in [0.5, 0.6) is 11.6 Å². The second-order valence-corrected chi connectivity index (χ2v) is 3.45. The van der Waals surface area contributed by atoms with Crippen molar-refractivity contribution in [1.29, 1.82) is 0 Å². The Morgan fingerprint density at radius 2 is 2.06 bits per heavy atom. The summed E-state index contributed by atoms with van der Waals surface area (Å²) >= 11 is 0. The minimum Gasteiger partial charge on any atom is -0.431 e. The number of aromatic nitrogens is 1. The highest BCUT2D eigenvalue weighted by Gasteiger charge is 2.16. The Morgan fingerprint density at radius 3 is 2.78 bits per heavy atom. The SMILES string of the molecule is O=[N+]([O-])c1ccccc1Oc1ncccc1CO. The van der Waals surface area contributed by atoms with Gasteiger partial charge in [-0.15, -0.1) is 0 Å². The zero-order valence-corrected chi connectivity index (χ0v) is 9.31. The van der Waals surface area contributed by atoms with Gasteiger partial charge in [0.2, 0.25) is 11.6 Å². The van der Waals surface area contributed by atoms with Gasteiger partial charge in [-0.25, -0.2) is 4.98 Å². The number of benzene rings is 1.